The van der Waals surface area contributed by atoms with Crippen molar-refractivity contribution in [3.8, 4) is 0 Å². The monoisotopic (exact) mass is 386 g/mol. The number of halogens is 1. The highest BCUT2D eigenvalue weighted by Crippen LogP contribution is 2.27. The van der Waals surface area contributed by atoms with Gasteiger partial charge in [0.05, 0.1) is 38.3 Å². The first-order valence-electron chi connectivity index (χ1n) is 9.04. The number of carbonyl (C=O) groups is 2. The van der Waals surface area contributed by atoms with E-state index in [4.69, 9.17) is 11.6 Å². The molecule has 0 radical (unpaired) electrons. The highest BCUT2D eigenvalue weighted by Gasteiger charge is 2.46. The number of aromatic nitrogens is 2. The van der Waals surface area contributed by atoms with Gasteiger partial charge in [-0.1, -0.05) is 17.7 Å². The van der Waals surface area contributed by atoms with Gasteiger partial charge in [0.2, 0.25) is 11.9 Å². The smallest absolute Gasteiger partial charge is 0.292 e. The molecule has 0 saturated carbocycles. The third kappa shape index (κ3) is 3.40. The zero-order valence-corrected chi connectivity index (χ0v) is 15.8. The van der Waals surface area contributed by atoms with Gasteiger partial charge >= 0.3 is 0 Å². The summed E-state index contributed by atoms with van der Waals surface area (Å²) < 4.78 is 0. The van der Waals surface area contributed by atoms with Gasteiger partial charge in [-0.15, -0.1) is 0 Å². The van der Waals surface area contributed by atoms with Gasteiger partial charge in [0.25, 0.3) is 5.91 Å². The van der Waals surface area contributed by atoms with E-state index in [1.807, 2.05) is 13.0 Å². The molecule has 2 aromatic rings. The molecule has 7 nitrogen and oxygen atoms in total. The molecular weight excluding hydrogens is 366 g/mol. The molecule has 2 fully saturated rings. The van der Waals surface area contributed by atoms with E-state index in [0.717, 1.165) is 36.6 Å². The minimum absolute atomic E-state index is 0.140. The van der Waals surface area contributed by atoms with E-state index in [2.05, 4.69) is 14.9 Å². The van der Waals surface area contributed by atoms with E-state index < -0.39 is 0 Å². The molecule has 4 rings (SSSR count). The summed E-state index contributed by atoms with van der Waals surface area (Å²) in [6, 6.07) is 6.75. The molecule has 1 aromatic carbocycles. The largest absolute Gasteiger partial charge is 0.330 e. The summed E-state index contributed by atoms with van der Waals surface area (Å²) >= 11 is 6.18. The Bertz CT molecular complexity index is 868. The first-order chi connectivity index (χ1) is 13.0. The third-order valence-electron chi connectivity index (χ3n) is 5.29. The number of imide groups is 1. The van der Waals surface area contributed by atoms with Crippen LogP contribution in [0.25, 0.3) is 0 Å². The molecule has 0 spiro atoms. The Balaban J connectivity index is 1.45. The number of nitrogens with zero attached hydrogens (tertiary/aromatic N) is 4. The first-order valence-corrected chi connectivity index (χ1v) is 9.42. The second-order valence-electron chi connectivity index (χ2n) is 6.95. The van der Waals surface area contributed by atoms with Crippen LogP contribution in [0.4, 0.5) is 11.6 Å². The van der Waals surface area contributed by atoms with Gasteiger partial charge in [0, 0.05) is 17.4 Å². The van der Waals surface area contributed by atoms with E-state index in [1.54, 1.807) is 30.6 Å². The molecule has 1 N–H and O–H groups in total. The van der Waals surface area contributed by atoms with Crippen LogP contribution in [0.5, 0.6) is 0 Å². The summed E-state index contributed by atoms with van der Waals surface area (Å²) in [5, 5.41) is 0.556. The highest BCUT2D eigenvalue weighted by atomic mass is 35.5. The van der Waals surface area contributed by atoms with Crippen molar-refractivity contribution in [3.63, 3.8) is 0 Å². The van der Waals surface area contributed by atoms with Crippen LogP contribution in [-0.2, 0) is 9.59 Å². The summed E-state index contributed by atoms with van der Waals surface area (Å²) in [5.74, 6) is 0.409. The molecule has 2 amide bonds. The second kappa shape index (κ2) is 7.25. The van der Waals surface area contributed by atoms with Gasteiger partial charge in [-0.2, -0.15) is 0 Å². The second-order valence-corrected chi connectivity index (χ2v) is 7.36. The Labute approximate surface area is 162 Å². The average Bonchev–Trinajstić information content (AvgIpc) is 2.99. The lowest BCUT2D eigenvalue weighted by atomic mass is 10.1. The van der Waals surface area contributed by atoms with Crippen LogP contribution in [-0.4, -0.2) is 54.0 Å². The van der Waals surface area contributed by atoms with E-state index in [9.17, 15) is 9.59 Å². The molecule has 0 bridgehead atoms. The summed E-state index contributed by atoms with van der Waals surface area (Å²) in [6.07, 6.45) is 3.69. The van der Waals surface area contributed by atoms with Crippen molar-refractivity contribution in [3.05, 3.63) is 47.2 Å². The number of hydrogen-bond donors (Lipinski definition) is 1. The number of carbonyl (C=O) groups excluding carboxylic acids is 2. The topological polar surface area (TPSA) is 70.8 Å². The summed E-state index contributed by atoms with van der Waals surface area (Å²) in [6.45, 7) is 4.94. The Kier molecular flexibility index (Phi) is 4.80. The van der Waals surface area contributed by atoms with Crippen molar-refractivity contribution < 1.29 is 14.5 Å². The number of quaternary nitrogens is 1. The number of piperazine rings is 1. The third-order valence-corrected chi connectivity index (χ3v) is 5.70. The molecule has 27 heavy (non-hydrogen) atoms. The predicted molar refractivity (Wildman–Crippen MR) is 102 cm³/mol. The van der Waals surface area contributed by atoms with Crippen LogP contribution in [0.3, 0.4) is 0 Å². The SMILES string of the molecule is Cc1ccc(N2C(=O)C[C@@H]([NH+]3CCN(c4ncccn4)CC3)C2=O)cc1Cl. The van der Waals surface area contributed by atoms with Crippen LogP contribution in [0.1, 0.15) is 12.0 Å². The number of nitrogens with one attached hydrogen (secondary N) is 1. The Hall–Kier alpha value is -2.51. The molecule has 2 aliphatic heterocycles. The van der Waals surface area contributed by atoms with Crippen molar-refractivity contribution in [2.75, 3.05) is 36.0 Å². The summed E-state index contributed by atoms with van der Waals surface area (Å²) in [4.78, 5) is 38.6. The Morgan fingerprint density at radius 2 is 1.85 bits per heavy atom. The normalized spacial score (nSPS) is 21.2. The minimum atomic E-state index is -0.337. The molecule has 1 aromatic heterocycles. The van der Waals surface area contributed by atoms with Crippen LogP contribution in [0.15, 0.2) is 36.7 Å². The van der Waals surface area contributed by atoms with Gasteiger partial charge in [-0.05, 0) is 30.7 Å². The average molecular weight is 387 g/mol. The number of rotatable bonds is 3. The molecule has 0 aliphatic carbocycles. The predicted octanol–water partition coefficient (Wildman–Crippen LogP) is 0.475. The van der Waals surface area contributed by atoms with Crippen LogP contribution in [0, 0.1) is 6.92 Å². The zero-order chi connectivity index (χ0) is 19.0. The number of aryl methyl sites for hydroxylation is 1. The van der Waals surface area contributed by atoms with Gasteiger partial charge in [0.15, 0.2) is 6.04 Å². The maximum Gasteiger partial charge on any atom is 0.292 e. The van der Waals surface area contributed by atoms with Gasteiger partial charge in [-0.25, -0.2) is 14.9 Å². The molecule has 2 aliphatic rings. The highest BCUT2D eigenvalue weighted by molar-refractivity contribution is 6.32. The van der Waals surface area contributed by atoms with Crippen LogP contribution >= 0.6 is 11.6 Å². The van der Waals surface area contributed by atoms with E-state index in [-0.39, 0.29) is 24.3 Å². The van der Waals surface area contributed by atoms with Gasteiger partial charge in [0.1, 0.15) is 0 Å². The van der Waals surface area contributed by atoms with Crippen LogP contribution in [0.2, 0.25) is 5.02 Å². The van der Waals surface area contributed by atoms with E-state index in [1.165, 1.54) is 4.90 Å². The van der Waals surface area contributed by atoms with Crippen molar-refractivity contribution in [2.45, 2.75) is 19.4 Å². The van der Waals surface area contributed by atoms with Crippen molar-refractivity contribution >= 4 is 35.1 Å². The standard InChI is InChI=1S/C19H20ClN5O2/c1-13-3-4-14(11-15(13)20)25-17(26)12-16(18(25)27)23-7-9-24(10-8-23)19-21-5-2-6-22-19/h2-6,11,16H,7-10,12H2,1H3/p+1/t16-/m1/s1. The molecule has 8 heteroatoms. The fraction of sp³-hybridized carbons (Fsp3) is 0.368. The first kappa shape index (κ1) is 17.9. The Morgan fingerprint density at radius 1 is 1.15 bits per heavy atom. The number of anilines is 2. The molecule has 3 heterocycles. The number of benzene rings is 1. The summed E-state index contributed by atoms with van der Waals surface area (Å²) in [7, 11) is 0. The lowest BCUT2D eigenvalue weighted by molar-refractivity contribution is -0.915. The molecule has 0 unspecified atom stereocenters. The van der Waals surface area contributed by atoms with Gasteiger partial charge < -0.3 is 9.80 Å². The quantitative estimate of drug-likeness (QED) is 0.777. The lowest BCUT2D eigenvalue weighted by Gasteiger charge is -2.34. The zero-order valence-electron chi connectivity index (χ0n) is 15.1. The fourth-order valence-corrected chi connectivity index (χ4v) is 3.91. The van der Waals surface area contributed by atoms with E-state index >= 15 is 0 Å². The summed E-state index contributed by atoms with van der Waals surface area (Å²) in [5.41, 5.74) is 1.47. The van der Waals surface area contributed by atoms with Crippen molar-refractivity contribution in [2.24, 2.45) is 0 Å². The van der Waals surface area contributed by atoms with Gasteiger partial charge in [-0.3, -0.25) is 9.59 Å². The maximum absolute atomic E-state index is 13.0. The van der Waals surface area contributed by atoms with Crippen LogP contribution < -0.4 is 14.7 Å². The lowest BCUT2D eigenvalue weighted by Crippen LogP contribution is -3.19. The number of amides is 2. The molecule has 2 saturated heterocycles. The molecular formula is C19H21ClN5O2+. The van der Waals surface area contributed by atoms with E-state index in [0.29, 0.717) is 16.7 Å². The maximum atomic E-state index is 13.0. The van der Waals surface area contributed by atoms with Crippen molar-refractivity contribution in [1.29, 1.82) is 0 Å². The Morgan fingerprint density at radius 3 is 2.52 bits per heavy atom. The molecule has 1 atom stereocenters. The van der Waals surface area contributed by atoms with Crippen molar-refractivity contribution in [1.82, 2.24) is 9.97 Å². The minimum Gasteiger partial charge on any atom is -0.330 e. The number of hydrogen-bond acceptors (Lipinski definition) is 5. The molecule has 140 valence electrons. The fourth-order valence-electron chi connectivity index (χ4n) is 3.74.